The van der Waals surface area contributed by atoms with E-state index in [-0.39, 0.29) is 24.2 Å². The number of rotatable bonds is 7. The lowest BCUT2D eigenvalue weighted by Crippen LogP contribution is -2.44. The standard InChI is InChI=1S/C18H28N2O4/c1-8-24-18(23)16-11(4)15(12(5)19-16)17(22)13(6)20(14(7)21)9-10(2)3/h10,13,19H,8-9H2,1-7H3. The lowest BCUT2D eigenvalue weighted by Gasteiger charge is -2.29. The van der Waals surface area contributed by atoms with Crippen LogP contribution in [-0.4, -0.2) is 46.7 Å². The number of aryl methyl sites for hydroxylation is 1. The monoisotopic (exact) mass is 336 g/mol. The number of hydrogen-bond donors (Lipinski definition) is 1. The lowest BCUT2D eigenvalue weighted by atomic mass is 9.99. The molecule has 0 saturated carbocycles. The number of carbonyl (C=O) groups excluding carboxylic acids is 3. The Balaban J connectivity index is 3.18. The second-order valence-corrected chi connectivity index (χ2v) is 6.45. The van der Waals surface area contributed by atoms with Gasteiger partial charge in [-0.25, -0.2) is 4.79 Å². The van der Waals surface area contributed by atoms with Crippen LogP contribution in [0.1, 0.15) is 66.7 Å². The molecule has 0 saturated heterocycles. The Morgan fingerprint density at radius 2 is 1.75 bits per heavy atom. The molecule has 0 spiro atoms. The summed E-state index contributed by atoms with van der Waals surface area (Å²) in [5.41, 5.74) is 1.93. The van der Waals surface area contributed by atoms with Gasteiger partial charge in [-0.1, -0.05) is 13.8 Å². The van der Waals surface area contributed by atoms with Gasteiger partial charge in [0.2, 0.25) is 5.91 Å². The van der Waals surface area contributed by atoms with E-state index in [1.807, 2.05) is 13.8 Å². The molecule has 6 heteroatoms. The number of aromatic nitrogens is 1. The first-order chi connectivity index (χ1) is 11.1. The van der Waals surface area contributed by atoms with Crippen molar-refractivity contribution in [3.8, 4) is 0 Å². The minimum atomic E-state index is -0.590. The summed E-state index contributed by atoms with van der Waals surface area (Å²) < 4.78 is 5.01. The quantitative estimate of drug-likeness (QED) is 0.613. The van der Waals surface area contributed by atoms with Crippen LogP contribution in [-0.2, 0) is 9.53 Å². The van der Waals surface area contributed by atoms with Gasteiger partial charge in [-0.05, 0) is 39.2 Å². The maximum Gasteiger partial charge on any atom is 0.355 e. The Morgan fingerprint density at radius 1 is 1.17 bits per heavy atom. The maximum absolute atomic E-state index is 12.9. The zero-order valence-electron chi connectivity index (χ0n) is 15.6. The molecule has 0 aromatic carbocycles. The van der Waals surface area contributed by atoms with Gasteiger partial charge >= 0.3 is 5.97 Å². The molecular weight excluding hydrogens is 308 g/mol. The number of carbonyl (C=O) groups is 3. The molecule has 1 amide bonds. The van der Waals surface area contributed by atoms with Crippen molar-refractivity contribution in [2.45, 2.75) is 54.5 Å². The molecule has 0 bridgehead atoms. The van der Waals surface area contributed by atoms with Crippen LogP contribution in [0.3, 0.4) is 0 Å². The Bertz CT molecular complexity index is 631. The van der Waals surface area contributed by atoms with Crippen molar-refractivity contribution < 1.29 is 19.1 Å². The Labute approximate surface area is 143 Å². The first kappa shape index (κ1) is 19.9. The number of amides is 1. The predicted molar refractivity (Wildman–Crippen MR) is 92.2 cm³/mol. The third kappa shape index (κ3) is 4.24. The summed E-state index contributed by atoms with van der Waals surface area (Å²) in [4.78, 5) is 41.4. The molecule has 0 aliphatic carbocycles. The van der Waals surface area contributed by atoms with Gasteiger partial charge in [0.05, 0.1) is 12.6 Å². The predicted octanol–water partition coefficient (Wildman–Crippen LogP) is 2.88. The van der Waals surface area contributed by atoms with Crippen molar-refractivity contribution in [1.82, 2.24) is 9.88 Å². The second-order valence-electron chi connectivity index (χ2n) is 6.45. The molecule has 1 rings (SSSR count). The van der Waals surface area contributed by atoms with E-state index in [0.29, 0.717) is 29.1 Å². The van der Waals surface area contributed by atoms with Crippen LogP contribution in [0.2, 0.25) is 0 Å². The maximum atomic E-state index is 12.9. The molecule has 1 unspecified atom stereocenters. The summed E-state index contributed by atoms with van der Waals surface area (Å²) in [5.74, 6) is -0.531. The van der Waals surface area contributed by atoms with Crippen LogP contribution in [0.25, 0.3) is 0 Å². The van der Waals surface area contributed by atoms with Gasteiger partial charge in [-0.2, -0.15) is 0 Å². The van der Waals surface area contributed by atoms with E-state index in [1.165, 1.54) is 6.92 Å². The number of nitrogens with one attached hydrogen (secondary N) is 1. The number of ketones is 1. The third-order valence-corrected chi connectivity index (χ3v) is 3.98. The minimum absolute atomic E-state index is 0.138. The van der Waals surface area contributed by atoms with Crippen molar-refractivity contribution in [1.29, 1.82) is 0 Å². The summed E-state index contributed by atoms with van der Waals surface area (Å²) >= 11 is 0. The Morgan fingerprint density at radius 3 is 2.21 bits per heavy atom. The SMILES string of the molecule is CCOC(=O)c1[nH]c(C)c(C(=O)C(C)N(CC(C)C)C(C)=O)c1C. The van der Waals surface area contributed by atoms with Crippen molar-refractivity contribution in [3.05, 3.63) is 22.5 Å². The summed E-state index contributed by atoms with van der Waals surface area (Å²) in [6.07, 6.45) is 0. The number of hydrogen-bond acceptors (Lipinski definition) is 4. The van der Waals surface area contributed by atoms with E-state index in [9.17, 15) is 14.4 Å². The van der Waals surface area contributed by atoms with Crippen LogP contribution >= 0.6 is 0 Å². The van der Waals surface area contributed by atoms with E-state index in [0.717, 1.165) is 0 Å². The molecule has 1 aromatic heterocycles. The van der Waals surface area contributed by atoms with Crippen LogP contribution < -0.4 is 0 Å². The molecule has 1 aromatic rings. The molecule has 6 nitrogen and oxygen atoms in total. The number of aromatic amines is 1. The van der Waals surface area contributed by atoms with E-state index >= 15 is 0 Å². The van der Waals surface area contributed by atoms with Crippen molar-refractivity contribution >= 4 is 17.7 Å². The fourth-order valence-corrected chi connectivity index (χ4v) is 2.83. The topological polar surface area (TPSA) is 79.5 Å². The minimum Gasteiger partial charge on any atom is -0.461 e. The largest absolute Gasteiger partial charge is 0.461 e. The highest BCUT2D eigenvalue weighted by Crippen LogP contribution is 2.22. The van der Waals surface area contributed by atoms with Crippen LogP contribution in [0.5, 0.6) is 0 Å². The van der Waals surface area contributed by atoms with Crippen LogP contribution in [0.15, 0.2) is 0 Å². The summed E-state index contributed by atoms with van der Waals surface area (Å²) in [5, 5.41) is 0. The molecule has 1 heterocycles. The summed E-state index contributed by atoms with van der Waals surface area (Å²) in [6, 6.07) is -0.590. The Kier molecular flexibility index (Phi) is 6.75. The molecule has 0 aliphatic heterocycles. The normalized spacial score (nSPS) is 12.2. The van der Waals surface area contributed by atoms with Crippen LogP contribution in [0.4, 0.5) is 0 Å². The average Bonchev–Trinajstić information content (AvgIpc) is 2.78. The summed E-state index contributed by atoms with van der Waals surface area (Å²) in [7, 11) is 0. The zero-order chi connectivity index (χ0) is 18.6. The highest BCUT2D eigenvalue weighted by molar-refractivity contribution is 6.06. The van der Waals surface area contributed by atoms with Gasteiger partial charge in [0.1, 0.15) is 5.69 Å². The van der Waals surface area contributed by atoms with Gasteiger partial charge in [0, 0.05) is 24.7 Å². The fraction of sp³-hybridized carbons (Fsp3) is 0.611. The van der Waals surface area contributed by atoms with Crippen molar-refractivity contribution in [2.75, 3.05) is 13.2 Å². The number of H-pyrrole nitrogens is 1. The molecule has 0 radical (unpaired) electrons. The van der Waals surface area contributed by atoms with Crippen LogP contribution in [0, 0.1) is 19.8 Å². The van der Waals surface area contributed by atoms with E-state index in [4.69, 9.17) is 4.74 Å². The van der Waals surface area contributed by atoms with Gasteiger partial charge in [-0.3, -0.25) is 9.59 Å². The molecule has 1 N–H and O–H groups in total. The molecule has 1 atom stereocenters. The molecule has 0 aliphatic rings. The molecule has 0 fully saturated rings. The zero-order valence-corrected chi connectivity index (χ0v) is 15.6. The van der Waals surface area contributed by atoms with Gasteiger partial charge in [-0.15, -0.1) is 0 Å². The summed E-state index contributed by atoms with van der Waals surface area (Å²) in [6.45, 7) is 13.2. The van der Waals surface area contributed by atoms with Gasteiger partial charge in [0.15, 0.2) is 5.78 Å². The van der Waals surface area contributed by atoms with Crippen molar-refractivity contribution in [2.24, 2.45) is 5.92 Å². The van der Waals surface area contributed by atoms with E-state index in [2.05, 4.69) is 4.98 Å². The third-order valence-electron chi connectivity index (χ3n) is 3.98. The highest BCUT2D eigenvalue weighted by atomic mass is 16.5. The Hall–Kier alpha value is -2.11. The first-order valence-corrected chi connectivity index (χ1v) is 8.29. The fourth-order valence-electron chi connectivity index (χ4n) is 2.83. The lowest BCUT2D eigenvalue weighted by molar-refractivity contribution is -0.130. The average molecular weight is 336 g/mol. The number of nitrogens with zero attached hydrogens (tertiary/aromatic N) is 1. The number of ether oxygens (including phenoxy) is 1. The van der Waals surface area contributed by atoms with Gasteiger partial charge in [0.25, 0.3) is 0 Å². The van der Waals surface area contributed by atoms with Crippen molar-refractivity contribution in [3.63, 3.8) is 0 Å². The van der Waals surface area contributed by atoms with E-state index < -0.39 is 12.0 Å². The second kappa shape index (κ2) is 8.13. The smallest absolute Gasteiger partial charge is 0.355 e. The highest BCUT2D eigenvalue weighted by Gasteiger charge is 2.30. The van der Waals surface area contributed by atoms with Gasteiger partial charge < -0.3 is 14.6 Å². The number of esters is 1. The molecular formula is C18H28N2O4. The molecule has 24 heavy (non-hydrogen) atoms. The van der Waals surface area contributed by atoms with E-state index in [1.54, 1.807) is 32.6 Å². The first-order valence-electron chi connectivity index (χ1n) is 8.29. The number of Topliss-reactive ketones (excluding diaryl/α,β-unsaturated/α-hetero) is 1. The molecule has 134 valence electrons.